The fourth-order valence-electron chi connectivity index (χ4n) is 3.88. The molecule has 4 rings (SSSR count). The van der Waals surface area contributed by atoms with E-state index >= 15 is 0 Å². The smallest absolute Gasteiger partial charge is 0.264 e. The van der Waals surface area contributed by atoms with E-state index in [0.29, 0.717) is 16.5 Å². The highest BCUT2D eigenvalue weighted by atomic mass is 35.5. The average Bonchev–Trinajstić information content (AvgIpc) is 2.92. The van der Waals surface area contributed by atoms with Crippen molar-refractivity contribution in [2.45, 2.75) is 31.3 Å². The Morgan fingerprint density at radius 3 is 2.16 bits per heavy atom. The Bertz CT molecular complexity index is 1460. The zero-order chi connectivity index (χ0) is 27.1. The van der Waals surface area contributed by atoms with Gasteiger partial charge in [0, 0.05) is 5.02 Å². The number of nitrogens with one attached hydrogen (secondary N) is 1. The molecule has 0 fully saturated rings. The fraction of sp³-hybridized carbons (Fsp3) is 0.167. The molecule has 0 unspecified atom stereocenters. The number of sulfonamides is 1. The summed E-state index contributed by atoms with van der Waals surface area (Å²) in [5.41, 5.74) is 3.25. The van der Waals surface area contributed by atoms with Gasteiger partial charge < -0.3 is 10.1 Å². The van der Waals surface area contributed by atoms with Gasteiger partial charge in [0.1, 0.15) is 5.75 Å². The second-order valence-electron chi connectivity index (χ2n) is 8.93. The van der Waals surface area contributed by atoms with Crippen molar-refractivity contribution in [2.24, 2.45) is 0 Å². The van der Waals surface area contributed by atoms with Crippen LogP contribution >= 0.6 is 11.6 Å². The average molecular weight is 549 g/mol. The van der Waals surface area contributed by atoms with Crippen molar-refractivity contribution >= 4 is 33.2 Å². The Balaban J connectivity index is 1.47. The van der Waals surface area contributed by atoms with Gasteiger partial charge in [0.15, 0.2) is 6.61 Å². The number of amides is 1. The lowest BCUT2D eigenvalue weighted by molar-refractivity contribution is -0.123. The van der Waals surface area contributed by atoms with Gasteiger partial charge in [-0.25, -0.2) is 8.42 Å². The van der Waals surface area contributed by atoms with Crippen molar-refractivity contribution < 1.29 is 17.9 Å². The van der Waals surface area contributed by atoms with Gasteiger partial charge >= 0.3 is 0 Å². The summed E-state index contributed by atoms with van der Waals surface area (Å²) >= 11 is 5.93. The van der Waals surface area contributed by atoms with Gasteiger partial charge in [-0.2, -0.15) is 0 Å². The van der Waals surface area contributed by atoms with E-state index in [4.69, 9.17) is 16.3 Å². The van der Waals surface area contributed by atoms with Gasteiger partial charge in [-0.3, -0.25) is 9.10 Å². The first kappa shape index (κ1) is 27.2. The summed E-state index contributed by atoms with van der Waals surface area (Å²) in [6.45, 7) is 3.79. The normalized spacial score (nSPS) is 12.0. The first-order chi connectivity index (χ1) is 18.2. The van der Waals surface area contributed by atoms with E-state index in [1.807, 2.05) is 56.3 Å². The molecule has 0 saturated carbocycles. The minimum absolute atomic E-state index is 0.169. The van der Waals surface area contributed by atoms with Crippen LogP contribution in [0.4, 0.5) is 5.69 Å². The third-order valence-electron chi connectivity index (χ3n) is 6.02. The van der Waals surface area contributed by atoms with E-state index in [1.165, 1.54) is 4.31 Å². The van der Waals surface area contributed by atoms with Crippen LogP contribution in [-0.2, 0) is 21.4 Å². The molecule has 0 radical (unpaired) electrons. The Kier molecular flexibility index (Phi) is 8.71. The van der Waals surface area contributed by atoms with E-state index < -0.39 is 10.0 Å². The Hall–Kier alpha value is -3.81. The minimum Gasteiger partial charge on any atom is -0.484 e. The zero-order valence-corrected chi connectivity index (χ0v) is 22.7. The molecule has 0 aliphatic rings. The van der Waals surface area contributed by atoms with E-state index in [-0.39, 0.29) is 30.0 Å². The molecule has 6 nitrogen and oxygen atoms in total. The molecule has 0 heterocycles. The lowest BCUT2D eigenvalue weighted by Gasteiger charge is -2.25. The number of aryl methyl sites for hydroxylation is 1. The maximum absolute atomic E-state index is 13.6. The van der Waals surface area contributed by atoms with Gasteiger partial charge in [0.25, 0.3) is 15.9 Å². The zero-order valence-electron chi connectivity index (χ0n) is 21.2. The summed E-state index contributed by atoms with van der Waals surface area (Å²) < 4.78 is 34.3. The molecular weight excluding hydrogens is 520 g/mol. The number of hydrogen-bond donors (Lipinski definition) is 1. The maximum atomic E-state index is 13.6. The van der Waals surface area contributed by atoms with Gasteiger partial charge in [0.05, 0.1) is 23.2 Å². The molecule has 0 aromatic heterocycles. The molecular formula is C30H29ClN2O4S. The third kappa shape index (κ3) is 6.94. The lowest BCUT2D eigenvalue weighted by Crippen LogP contribution is -2.31. The van der Waals surface area contributed by atoms with E-state index in [0.717, 1.165) is 16.7 Å². The van der Waals surface area contributed by atoms with E-state index in [9.17, 15) is 13.2 Å². The molecule has 1 atom stereocenters. The van der Waals surface area contributed by atoms with Crippen molar-refractivity contribution in [2.75, 3.05) is 10.9 Å². The summed E-state index contributed by atoms with van der Waals surface area (Å²) in [5, 5.41) is 3.52. The first-order valence-electron chi connectivity index (χ1n) is 12.1. The number of hydrogen-bond acceptors (Lipinski definition) is 4. The molecule has 0 spiro atoms. The maximum Gasteiger partial charge on any atom is 0.264 e. The van der Waals surface area contributed by atoms with Crippen LogP contribution in [0.3, 0.4) is 0 Å². The van der Waals surface area contributed by atoms with Gasteiger partial charge in [-0.05, 0) is 73.5 Å². The number of nitrogens with zero attached hydrogens (tertiary/aromatic N) is 1. The number of halogens is 1. The molecule has 38 heavy (non-hydrogen) atoms. The summed E-state index contributed by atoms with van der Waals surface area (Å²) in [4.78, 5) is 12.6. The van der Waals surface area contributed by atoms with Gasteiger partial charge in [-0.1, -0.05) is 71.8 Å². The standard InChI is InChI=1S/C30H29ClN2O4S/c1-22-8-18-29(19-9-22)38(35,36)33(20-24-6-4-3-5-7-24)27-14-16-28(17-15-27)37-21-30(34)32-23(2)25-10-12-26(31)13-11-25/h3-19,23H,20-21H2,1-2H3,(H,32,34)/t23-/m1/s1. The highest BCUT2D eigenvalue weighted by molar-refractivity contribution is 7.92. The molecule has 1 amide bonds. The number of benzene rings is 4. The topological polar surface area (TPSA) is 75.7 Å². The number of ether oxygens (including phenoxy) is 1. The molecule has 196 valence electrons. The summed E-state index contributed by atoms with van der Waals surface area (Å²) in [5.74, 6) is 0.180. The summed E-state index contributed by atoms with van der Waals surface area (Å²) in [7, 11) is -3.83. The second-order valence-corrected chi connectivity index (χ2v) is 11.2. The molecule has 0 bridgehead atoms. The second kappa shape index (κ2) is 12.2. The molecule has 0 aliphatic heterocycles. The quantitative estimate of drug-likeness (QED) is 0.252. The third-order valence-corrected chi connectivity index (χ3v) is 8.06. The molecule has 4 aromatic rings. The van der Waals surface area contributed by atoms with Crippen LogP contribution in [-0.4, -0.2) is 20.9 Å². The Morgan fingerprint density at radius 2 is 1.53 bits per heavy atom. The molecule has 8 heteroatoms. The van der Waals surface area contributed by atoms with Crippen LogP contribution < -0.4 is 14.4 Å². The fourth-order valence-corrected chi connectivity index (χ4v) is 5.46. The summed E-state index contributed by atoms with van der Waals surface area (Å²) in [6, 6.07) is 30.0. The van der Waals surface area contributed by atoms with Crippen LogP contribution in [0.25, 0.3) is 0 Å². The predicted molar refractivity (Wildman–Crippen MR) is 151 cm³/mol. The van der Waals surface area contributed by atoms with Gasteiger partial charge in [-0.15, -0.1) is 0 Å². The highest BCUT2D eigenvalue weighted by Gasteiger charge is 2.25. The van der Waals surface area contributed by atoms with Crippen LogP contribution in [0.5, 0.6) is 5.75 Å². The largest absolute Gasteiger partial charge is 0.484 e. The van der Waals surface area contributed by atoms with Crippen LogP contribution in [0.1, 0.15) is 29.7 Å². The first-order valence-corrected chi connectivity index (χ1v) is 14.0. The summed E-state index contributed by atoms with van der Waals surface area (Å²) in [6.07, 6.45) is 0. The lowest BCUT2D eigenvalue weighted by atomic mass is 10.1. The highest BCUT2D eigenvalue weighted by Crippen LogP contribution is 2.28. The number of rotatable bonds is 10. The van der Waals surface area contributed by atoms with Crippen LogP contribution in [0, 0.1) is 6.92 Å². The van der Waals surface area contributed by atoms with Crippen molar-refractivity contribution in [1.82, 2.24) is 5.32 Å². The molecule has 4 aromatic carbocycles. The van der Waals surface area contributed by atoms with Crippen LogP contribution in [0.2, 0.25) is 5.02 Å². The van der Waals surface area contributed by atoms with Crippen LogP contribution in [0.15, 0.2) is 108 Å². The van der Waals surface area contributed by atoms with E-state index in [1.54, 1.807) is 60.7 Å². The van der Waals surface area contributed by atoms with Crippen molar-refractivity contribution in [3.05, 3.63) is 125 Å². The molecule has 0 saturated heterocycles. The minimum atomic E-state index is -3.83. The van der Waals surface area contributed by atoms with Crippen molar-refractivity contribution in [3.8, 4) is 5.75 Å². The number of carbonyl (C=O) groups is 1. The SMILES string of the molecule is Cc1ccc(S(=O)(=O)N(Cc2ccccc2)c2ccc(OCC(=O)N[C@H](C)c3ccc(Cl)cc3)cc2)cc1. The van der Waals surface area contributed by atoms with Crippen molar-refractivity contribution in [1.29, 1.82) is 0 Å². The van der Waals surface area contributed by atoms with Crippen molar-refractivity contribution in [3.63, 3.8) is 0 Å². The predicted octanol–water partition coefficient (Wildman–Crippen LogP) is 6.30. The van der Waals surface area contributed by atoms with E-state index in [2.05, 4.69) is 5.32 Å². The monoisotopic (exact) mass is 548 g/mol. The number of carbonyl (C=O) groups excluding carboxylic acids is 1. The molecule has 1 N–H and O–H groups in total. The Morgan fingerprint density at radius 1 is 0.895 bits per heavy atom. The molecule has 0 aliphatic carbocycles. The number of anilines is 1. The Labute approximate surface area is 228 Å². The van der Waals surface area contributed by atoms with Gasteiger partial charge in [0.2, 0.25) is 0 Å².